The van der Waals surface area contributed by atoms with Crippen molar-refractivity contribution in [1.29, 1.82) is 0 Å². The summed E-state index contributed by atoms with van der Waals surface area (Å²) in [5.74, 6) is 2.02. The molecule has 0 N–H and O–H groups in total. The second-order valence-electron chi connectivity index (χ2n) is 3.57. The highest BCUT2D eigenvalue weighted by Crippen LogP contribution is 2.34. The van der Waals surface area contributed by atoms with Gasteiger partial charge in [-0.2, -0.15) is 9.36 Å². The summed E-state index contributed by atoms with van der Waals surface area (Å²) in [7, 11) is 1.60. The molecule has 0 fully saturated rings. The standard InChI is InChI=1S/C10H14N4O2S2/c1-4-7-12-10(18-14-7)17-6(2)9-11-8(5-15-3)13-16-9/h6H,4-5H2,1-3H3. The van der Waals surface area contributed by atoms with Crippen LogP contribution in [-0.4, -0.2) is 26.6 Å². The van der Waals surface area contributed by atoms with Crippen LogP contribution in [0.3, 0.4) is 0 Å². The molecule has 0 aliphatic carbocycles. The number of methoxy groups -OCH3 is 1. The van der Waals surface area contributed by atoms with Gasteiger partial charge in [0.2, 0.25) is 5.89 Å². The minimum atomic E-state index is 0.0563. The molecule has 0 aliphatic rings. The fourth-order valence-corrected chi connectivity index (χ4v) is 3.12. The number of nitrogens with zero attached hydrogens (tertiary/aromatic N) is 4. The topological polar surface area (TPSA) is 73.9 Å². The van der Waals surface area contributed by atoms with Gasteiger partial charge >= 0.3 is 0 Å². The van der Waals surface area contributed by atoms with Gasteiger partial charge in [-0.05, 0) is 18.5 Å². The van der Waals surface area contributed by atoms with Crippen molar-refractivity contribution >= 4 is 23.3 Å². The molecule has 2 aromatic heterocycles. The summed E-state index contributed by atoms with van der Waals surface area (Å²) in [6.45, 7) is 4.40. The van der Waals surface area contributed by atoms with Crippen molar-refractivity contribution in [2.45, 2.75) is 36.5 Å². The number of hydrogen-bond acceptors (Lipinski definition) is 8. The van der Waals surface area contributed by atoms with Crippen LogP contribution in [0, 0.1) is 0 Å². The van der Waals surface area contributed by atoms with Crippen molar-refractivity contribution in [2.75, 3.05) is 7.11 Å². The summed E-state index contributed by atoms with van der Waals surface area (Å²) < 4.78 is 15.3. The molecule has 18 heavy (non-hydrogen) atoms. The van der Waals surface area contributed by atoms with Gasteiger partial charge in [-0.3, -0.25) is 0 Å². The zero-order valence-electron chi connectivity index (χ0n) is 10.4. The molecule has 0 aromatic carbocycles. The average molecular weight is 286 g/mol. The number of ether oxygens (including phenoxy) is 1. The number of hydrogen-bond donors (Lipinski definition) is 0. The van der Waals surface area contributed by atoms with Gasteiger partial charge < -0.3 is 9.26 Å². The molecule has 0 amide bonds. The number of aromatic nitrogens is 4. The van der Waals surface area contributed by atoms with Crippen LogP contribution >= 0.6 is 23.3 Å². The number of aryl methyl sites for hydroxylation is 1. The third-order valence-corrected chi connectivity index (χ3v) is 4.06. The Bertz CT molecular complexity index is 500. The van der Waals surface area contributed by atoms with Crippen LogP contribution < -0.4 is 0 Å². The Kier molecular flexibility index (Phi) is 4.67. The fourth-order valence-electron chi connectivity index (χ4n) is 1.25. The van der Waals surface area contributed by atoms with Crippen molar-refractivity contribution in [2.24, 2.45) is 0 Å². The first kappa shape index (κ1) is 13.4. The number of rotatable bonds is 6. The predicted molar refractivity (Wildman–Crippen MR) is 68.6 cm³/mol. The molecule has 0 spiro atoms. The van der Waals surface area contributed by atoms with Crippen LogP contribution in [-0.2, 0) is 17.8 Å². The van der Waals surface area contributed by atoms with Crippen molar-refractivity contribution < 1.29 is 9.26 Å². The maximum absolute atomic E-state index is 5.18. The van der Waals surface area contributed by atoms with E-state index in [2.05, 4.69) is 19.5 Å². The molecule has 2 heterocycles. The van der Waals surface area contributed by atoms with E-state index in [1.807, 2.05) is 13.8 Å². The van der Waals surface area contributed by atoms with Gasteiger partial charge in [0.05, 0.1) is 5.25 Å². The van der Waals surface area contributed by atoms with E-state index in [-0.39, 0.29) is 5.25 Å². The predicted octanol–water partition coefficient (Wildman–Crippen LogP) is 2.48. The summed E-state index contributed by atoms with van der Waals surface area (Å²) in [5, 5.41) is 3.89. The molecule has 0 aliphatic heterocycles. The summed E-state index contributed by atoms with van der Waals surface area (Å²) >= 11 is 2.97. The van der Waals surface area contributed by atoms with Gasteiger partial charge in [-0.15, -0.1) is 0 Å². The van der Waals surface area contributed by atoms with E-state index in [1.54, 1.807) is 18.9 Å². The molecule has 0 bridgehead atoms. The summed E-state index contributed by atoms with van der Waals surface area (Å²) in [6, 6.07) is 0. The fraction of sp³-hybridized carbons (Fsp3) is 0.600. The highest BCUT2D eigenvalue weighted by atomic mass is 32.2. The van der Waals surface area contributed by atoms with Crippen molar-refractivity contribution in [3.05, 3.63) is 17.5 Å². The summed E-state index contributed by atoms with van der Waals surface area (Å²) in [4.78, 5) is 8.65. The zero-order valence-corrected chi connectivity index (χ0v) is 12.0. The molecule has 6 nitrogen and oxygen atoms in total. The third kappa shape index (κ3) is 3.27. The molecule has 2 rings (SSSR count). The van der Waals surface area contributed by atoms with Crippen molar-refractivity contribution in [1.82, 2.24) is 19.5 Å². The lowest BCUT2D eigenvalue weighted by Gasteiger charge is -2.01. The SMILES string of the molecule is CCc1nsc(SC(C)c2nc(COC)no2)n1. The Hall–Kier alpha value is -0.990. The van der Waals surface area contributed by atoms with Gasteiger partial charge in [0.15, 0.2) is 10.2 Å². The molecule has 0 saturated heterocycles. The first-order valence-electron chi connectivity index (χ1n) is 5.53. The van der Waals surface area contributed by atoms with Crippen LogP contribution in [0.15, 0.2) is 8.86 Å². The van der Waals surface area contributed by atoms with E-state index in [0.717, 1.165) is 16.6 Å². The largest absolute Gasteiger partial charge is 0.377 e. The second-order valence-corrected chi connectivity index (χ2v) is 5.91. The minimum Gasteiger partial charge on any atom is -0.377 e. The van der Waals surface area contributed by atoms with Crippen molar-refractivity contribution in [3.8, 4) is 0 Å². The van der Waals surface area contributed by atoms with Crippen LogP contribution in [0.1, 0.15) is 36.6 Å². The molecule has 98 valence electrons. The van der Waals surface area contributed by atoms with E-state index < -0.39 is 0 Å². The maximum Gasteiger partial charge on any atom is 0.240 e. The van der Waals surface area contributed by atoms with E-state index in [4.69, 9.17) is 9.26 Å². The molecule has 2 aromatic rings. The molecule has 1 atom stereocenters. The van der Waals surface area contributed by atoms with Gasteiger partial charge in [0.1, 0.15) is 12.4 Å². The molecular weight excluding hydrogens is 272 g/mol. The van der Waals surface area contributed by atoms with Crippen LogP contribution in [0.5, 0.6) is 0 Å². The number of thioether (sulfide) groups is 1. The zero-order chi connectivity index (χ0) is 13.0. The molecule has 0 radical (unpaired) electrons. The van der Waals surface area contributed by atoms with Crippen molar-refractivity contribution in [3.63, 3.8) is 0 Å². The van der Waals surface area contributed by atoms with E-state index in [1.165, 1.54) is 11.5 Å². The molecule has 1 unspecified atom stereocenters. The Balaban J connectivity index is 1.99. The minimum absolute atomic E-state index is 0.0563. The Morgan fingerprint density at radius 2 is 2.22 bits per heavy atom. The monoisotopic (exact) mass is 286 g/mol. The Morgan fingerprint density at radius 3 is 2.89 bits per heavy atom. The second kappa shape index (κ2) is 6.26. The van der Waals surface area contributed by atoms with Gasteiger partial charge in [0, 0.05) is 13.5 Å². The van der Waals surface area contributed by atoms with Gasteiger partial charge in [0.25, 0.3) is 0 Å². The molecule has 0 saturated carbocycles. The summed E-state index contributed by atoms with van der Waals surface area (Å²) in [6.07, 6.45) is 0.851. The van der Waals surface area contributed by atoms with Crippen LogP contribution in [0.25, 0.3) is 0 Å². The van der Waals surface area contributed by atoms with Crippen LogP contribution in [0.4, 0.5) is 0 Å². The van der Waals surface area contributed by atoms with E-state index in [0.29, 0.717) is 18.3 Å². The quantitative estimate of drug-likeness (QED) is 0.755. The molecular formula is C10H14N4O2S2. The highest BCUT2D eigenvalue weighted by molar-refractivity contribution is 8.01. The first-order chi connectivity index (χ1) is 8.72. The Morgan fingerprint density at radius 1 is 1.39 bits per heavy atom. The highest BCUT2D eigenvalue weighted by Gasteiger charge is 2.17. The van der Waals surface area contributed by atoms with E-state index in [9.17, 15) is 0 Å². The average Bonchev–Trinajstić information content (AvgIpc) is 2.98. The van der Waals surface area contributed by atoms with E-state index >= 15 is 0 Å². The van der Waals surface area contributed by atoms with Gasteiger partial charge in [-0.1, -0.05) is 23.8 Å². The Labute approximate surface area is 113 Å². The van der Waals surface area contributed by atoms with Crippen LogP contribution in [0.2, 0.25) is 0 Å². The third-order valence-electron chi connectivity index (χ3n) is 2.15. The summed E-state index contributed by atoms with van der Waals surface area (Å²) in [5.41, 5.74) is 0. The maximum atomic E-state index is 5.18. The normalized spacial score (nSPS) is 12.8. The van der Waals surface area contributed by atoms with Gasteiger partial charge in [-0.25, -0.2) is 4.98 Å². The smallest absolute Gasteiger partial charge is 0.240 e. The lowest BCUT2D eigenvalue weighted by atomic mass is 10.5. The first-order valence-corrected chi connectivity index (χ1v) is 7.19. The lowest BCUT2D eigenvalue weighted by Crippen LogP contribution is -1.92. The molecule has 8 heteroatoms. The lowest BCUT2D eigenvalue weighted by molar-refractivity contribution is 0.174.